The largest absolute Gasteiger partial charge is 0.457 e. The molecule has 5 nitrogen and oxygen atoms in total. The second kappa shape index (κ2) is 10.7. The first-order chi connectivity index (χ1) is 24.3. The highest BCUT2D eigenvalue weighted by Gasteiger charge is 2.50. The first kappa shape index (κ1) is 27.5. The van der Waals surface area contributed by atoms with Gasteiger partial charge in [0.05, 0.1) is 5.41 Å². The molecule has 10 rings (SSSR count). The van der Waals surface area contributed by atoms with Crippen LogP contribution in [0.25, 0.3) is 56.8 Å². The van der Waals surface area contributed by atoms with E-state index in [1.165, 1.54) is 22.3 Å². The van der Waals surface area contributed by atoms with Crippen LogP contribution in [0.15, 0.2) is 168 Å². The molecule has 49 heavy (non-hydrogen) atoms. The highest BCUT2D eigenvalue weighted by atomic mass is 16.5. The van der Waals surface area contributed by atoms with E-state index in [4.69, 9.17) is 24.1 Å². The molecule has 5 heteroatoms. The molecule has 6 aromatic carbocycles. The molecule has 0 atom stereocenters. The molecule has 2 aliphatic rings. The Morgan fingerprint density at radius 2 is 0.878 bits per heavy atom. The van der Waals surface area contributed by atoms with Gasteiger partial charge >= 0.3 is 0 Å². The lowest BCUT2D eigenvalue weighted by Crippen LogP contribution is -2.32. The van der Waals surface area contributed by atoms with Crippen LogP contribution < -0.4 is 4.74 Å². The zero-order valence-corrected chi connectivity index (χ0v) is 26.2. The zero-order valence-electron chi connectivity index (χ0n) is 26.2. The molecule has 0 saturated heterocycles. The maximum atomic E-state index is 6.70. The Bertz CT molecular complexity index is 2440. The number of aromatic nitrogens is 3. The van der Waals surface area contributed by atoms with Gasteiger partial charge in [-0.25, -0.2) is 15.0 Å². The fourth-order valence-electron chi connectivity index (χ4n) is 7.55. The molecule has 0 radical (unpaired) electrons. The van der Waals surface area contributed by atoms with E-state index in [-0.39, 0.29) is 0 Å². The van der Waals surface area contributed by atoms with Crippen molar-refractivity contribution in [2.45, 2.75) is 5.41 Å². The highest BCUT2D eigenvalue weighted by Crippen LogP contribution is 2.62. The molecule has 230 valence electrons. The van der Waals surface area contributed by atoms with E-state index in [0.717, 1.165) is 39.3 Å². The summed E-state index contributed by atoms with van der Waals surface area (Å²) in [4.78, 5) is 14.5. The molecular weight excluding hydrogens is 603 g/mol. The molecule has 0 N–H and O–H groups in total. The van der Waals surface area contributed by atoms with Gasteiger partial charge in [-0.3, -0.25) is 0 Å². The average Bonchev–Trinajstić information content (AvgIpc) is 3.78. The minimum absolute atomic E-state index is 0.472. The Hall–Kier alpha value is -6.59. The number of furan rings is 1. The third kappa shape index (κ3) is 4.16. The maximum Gasteiger partial charge on any atom is 0.199 e. The van der Waals surface area contributed by atoms with E-state index in [1.807, 2.05) is 78.9 Å². The molecule has 0 unspecified atom stereocenters. The van der Waals surface area contributed by atoms with Gasteiger partial charge in [-0.2, -0.15) is 0 Å². The first-order valence-corrected chi connectivity index (χ1v) is 16.4. The Kier molecular flexibility index (Phi) is 6.02. The van der Waals surface area contributed by atoms with Crippen molar-refractivity contribution in [2.24, 2.45) is 0 Å². The van der Waals surface area contributed by atoms with E-state index >= 15 is 0 Å². The van der Waals surface area contributed by atoms with Gasteiger partial charge in [-0.1, -0.05) is 140 Å². The van der Waals surface area contributed by atoms with Crippen molar-refractivity contribution >= 4 is 0 Å². The number of benzene rings is 6. The normalized spacial score (nSPS) is 13.2. The number of hydrogen-bond donors (Lipinski definition) is 0. The van der Waals surface area contributed by atoms with Crippen molar-refractivity contribution < 1.29 is 9.15 Å². The summed E-state index contributed by atoms with van der Waals surface area (Å²) in [6, 6.07) is 56.1. The van der Waals surface area contributed by atoms with Crippen molar-refractivity contribution in [3.8, 4) is 68.3 Å². The van der Waals surface area contributed by atoms with Gasteiger partial charge in [0.15, 0.2) is 23.2 Å². The minimum atomic E-state index is -0.503. The molecule has 0 saturated carbocycles. The van der Waals surface area contributed by atoms with Crippen molar-refractivity contribution in [2.75, 3.05) is 0 Å². The summed E-state index contributed by atoms with van der Waals surface area (Å²) < 4.78 is 13.2. The van der Waals surface area contributed by atoms with Gasteiger partial charge in [-0.05, 0) is 46.5 Å². The molecular formula is C44H27N3O2. The Morgan fingerprint density at radius 1 is 0.367 bits per heavy atom. The summed E-state index contributed by atoms with van der Waals surface area (Å²) in [5, 5.41) is 0. The third-order valence-electron chi connectivity index (χ3n) is 9.66. The monoisotopic (exact) mass is 629 g/mol. The number of ether oxygens (including phenoxy) is 1. The second-order valence-corrected chi connectivity index (χ2v) is 12.4. The molecule has 1 aliphatic carbocycles. The van der Waals surface area contributed by atoms with Crippen molar-refractivity contribution in [3.05, 3.63) is 186 Å². The Labute approximate surface area is 283 Å². The highest BCUT2D eigenvalue weighted by molar-refractivity contribution is 5.88. The van der Waals surface area contributed by atoms with Crippen LogP contribution in [-0.2, 0) is 5.41 Å². The van der Waals surface area contributed by atoms with Crippen LogP contribution in [0.3, 0.4) is 0 Å². The summed E-state index contributed by atoms with van der Waals surface area (Å²) in [6.07, 6.45) is 0. The molecule has 0 fully saturated rings. The lowest BCUT2D eigenvalue weighted by atomic mass is 9.66. The predicted octanol–water partition coefficient (Wildman–Crippen LogP) is 10.6. The van der Waals surface area contributed by atoms with E-state index in [1.54, 1.807) is 0 Å². The lowest BCUT2D eigenvalue weighted by Gasteiger charge is -2.39. The van der Waals surface area contributed by atoms with Crippen molar-refractivity contribution in [3.63, 3.8) is 0 Å². The molecule has 3 heterocycles. The molecule has 0 bridgehead atoms. The van der Waals surface area contributed by atoms with Crippen molar-refractivity contribution in [1.29, 1.82) is 0 Å². The van der Waals surface area contributed by atoms with Crippen molar-refractivity contribution in [1.82, 2.24) is 15.0 Å². The Morgan fingerprint density at radius 3 is 1.53 bits per heavy atom. The van der Waals surface area contributed by atoms with E-state index in [9.17, 15) is 0 Å². The van der Waals surface area contributed by atoms with Crippen LogP contribution in [0, 0.1) is 0 Å². The number of para-hydroxylation sites is 1. The predicted molar refractivity (Wildman–Crippen MR) is 191 cm³/mol. The molecule has 1 spiro atoms. The van der Waals surface area contributed by atoms with Gasteiger partial charge in [0.25, 0.3) is 0 Å². The maximum absolute atomic E-state index is 6.70. The first-order valence-electron chi connectivity index (χ1n) is 16.4. The number of rotatable bonds is 4. The second-order valence-electron chi connectivity index (χ2n) is 12.4. The topological polar surface area (TPSA) is 61.0 Å². The summed E-state index contributed by atoms with van der Waals surface area (Å²) in [5.41, 5.74) is 9.50. The smallest absolute Gasteiger partial charge is 0.199 e. The molecule has 1 aliphatic heterocycles. The minimum Gasteiger partial charge on any atom is -0.457 e. The zero-order chi connectivity index (χ0) is 32.4. The fourth-order valence-corrected chi connectivity index (χ4v) is 7.55. The van der Waals surface area contributed by atoms with E-state index in [0.29, 0.717) is 29.0 Å². The SMILES string of the molecule is c1ccc(-c2nc(-c3ccccc3)nc(-c3ccc(-c4ccc5c(c4)Oc4ccccc4C54c5ccccc5-c5ccccc54)o3)n2)cc1. The number of hydrogen-bond acceptors (Lipinski definition) is 5. The van der Waals surface area contributed by atoms with Crippen LogP contribution >= 0.6 is 0 Å². The fraction of sp³-hybridized carbons (Fsp3) is 0.0227. The van der Waals surface area contributed by atoms with E-state index in [2.05, 4.69) is 84.9 Å². The third-order valence-corrected chi connectivity index (χ3v) is 9.66. The summed E-state index contributed by atoms with van der Waals surface area (Å²) >= 11 is 0. The quantitative estimate of drug-likeness (QED) is 0.194. The standard InChI is InChI=1S/C44H27N3O2/c1-3-13-28(14-4-1)41-45-42(29-15-5-2-6-16-29)47-43(46-41)39-26-25-37(48-39)30-23-24-36-40(27-30)49-38-22-12-11-21-35(38)44(36)33-19-9-7-17-31(33)32-18-8-10-20-34(32)44/h1-27H. The molecule has 2 aromatic heterocycles. The van der Waals surface area contributed by atoms with Gasteiger partial charge < -0.3 is 9.15 Å². The number of nitrogens with zero attached hydrogens (tertiary/aromatic N) is 3. The Balaban J connectivity index is 1.11. The van der Waals surface area contributed by atoms with E-state index < -0.39 is 5.41 Å². The van der Waals surface area contributed by atoms with Crippen LogP contribution in [0.4, 0.5) is 0 Å². The van der Waals surface area contributed by atoms with Crippen LogP contribution in [0.2, 0.25) is 0 Å². The average molecular weight is 630 g/mol. The summed E-state index contributed by atoms with van der Waals surface area (Å²) in [5.74, 6) is 4.57. The van der Waals surface area contributed by atoms with Crippen LogP contribution in [-0.4, -0.2) is 15.0 Å². The summed E-state index contributed by atoms with van der Waals surface area (Å²) in [6.45, 7) is 0. The van der Waals surface area contributed by atoms with Gasteiger partial charge in [0.1, 0.15) is 17.3 Å². The van der Waals surface area contributed by atoms with Crippen LogP contribution in [0.5, 0.6) is 11.5 Å². The number of fused-ring (bicyclic) bond motifs is 9. The summed E-state index contributed by atoms with van der Waals surface area (Å²) in [7, 11) is 0. The molecule has 0 amide bonds. The van der Waals surface area contributed by atoms with Gasteiger partial charge in [0.2, 0.25) is 0 Å². The lowest BCUT2D eigenvalue weighted by molar-refractivity contribution is 0.436. The van der Waals surface area contributed by atoms with Gasteiger partial charge in [0, 0.05) is 27.8 Å². The molecule has 8 aromatic rings. The van der Waals surface area contributed by atoms with Crippen LogP contribution in [0.1, 0.15) is 22.3 Å². The van der Waals surface area contributed by atoms with Gasteiger partial charge in [-0.15, -0.1) is 0 Å².